The van der Waals surface area contributed by atoms with Crippen LogP contribution in [0.25, 0.3) is 0 Å². The van der Waals surface area contributed by atoms with Gasteiger partial charge in [-0.1, -0.05) is 18.5 Å². The third-order valence-corrected chi connectivity index (χ3v) is 4.56. The molecule has 0 saturated carbocycles. The molecule has 0 unspecified atom stereocenters. The summed E-state index contributed by atoms with van der Waals surface area (Å²) in [5.74, 6) is 0.541. The van der Waals surface area contributed by atoms with Gasteiger partial charge in [0.05, 0.1) is 23.8 Å². The van der Waals surface area contributed by atoms with E-state index in [0.29, 0.717) is 30.5 Å². The molecule has 1 aliphatic heterocycles. The molecule has 1 heterocycles. The number of carbonyl (C=O) groups excluding carboxylic acids is 2. The number of halogens is 1. The Balaban J connectivity index is 2.00. The highest BCUT2D eigenvalue weighted by molar-refractivity contribution is 6.32. The van der Waals surface area contributed by atoms with Gasteiger partial charge in [0.2, 0.25) is 0 Å². The van der Waals surface area contributed by atoms with Crippen molar-refractivity contribution in [3.63, 3.8) is 0 Å². The topological polar surface area (TPSA) is 65.1 Å². The second kappa shape index (κ2) is 9.12. The number of likely N-dealkylation sites (tertiary alicyclic amines) is 1. The predicted molar refractivity (Wildman–Crippen MR) is 99.0 cm³/mol. The molecule has 1 amide bonds. The molecular formula is C19H26ClNO5. The van der Waals surface area contributed by atoms with E-state index < -0.39 is 5.97 Å². The molecule has 1 saturated heterocycles. The highest BCUT2D eigenvalue weighted by atomic mass is 35.5. The molecule has 1 aromatic carbocycles. The Morgan fingerprint density at radius 2 is 1.92 bits per heavy atom. The van der Waals surface area contributed by atoms with Gasteiger partial charge in [0.15, 0.2) is 18.1 Å². The number of carbonyl (C=O) groups is 2. The number of ether oxygens (including phenoxy) is 3. The van der Waals surface area contributed by atoms with E-state index in [-0.39, 0.29) is 29.2 Å². The van der Waals surface area contributed by atoms with Gasteiger partial charge in [-0.3, -0.25) is 4.79 Å². The van der Waals surface area contributed by atoms with Crippen LogP contribution in [0.3, 0.4) is 0 Å². The molecule has 0 bridgehead atoms. The minimum Gasteiger partial charge on any atom is -0.493 e. The molecule has 1 aromatic rings. The van der Waals surface area contributed by atoms with E-state index in [2.05, 4.69) is 6.92 Å². The van der Waals surface area contributed by atoms with Crippen molar-refractivity contribution in [2.75, 3.05) is 26.8 Å². The van der Waals surface area contributed by atoms with Crippen molar-refractivity contribution in [2.24, 2.45) is 5.92 Å². The number of methoxy groups -OCH3 is 1. The lowest BCUT2D eigenvalue weighted by Crippen LogP contribution is -2.40. The summed E-state index contributed by atoms with van der Waals surface area (Å²) in [5.41, 5.74) is 0.211. The second-order valence-corrected chi connectivity index (χ2v) is 7.20. The third kappa shape index (κ3) is 5.27. The van der Waals surface area contributed by atoms with Gasteiger partial charge in [0, 0.05) is 13.1 Å². The summed E-state index contributed by atoms with van der Waals surface area (Å²) in [6, 6.07) is 2.95. The van der Waals surface area contributed by atoms with Crippen molar-refractivity contribution in [3.8, 4) is 11.5 Å². The molecule has 144 valence electrons. The molecule has 1 aliphatic rings. The predicted octanol–water partition coefficient (Wildman–Crippen LogP) is 3.55. The Morgan fingerprint density at radius 1 is 1.27 bits per heavy atom. The molecule has 6 nitrogen and oxygen atoms in total. The van der Waals surface area contributed by atoms with Crippen molar-refractivity contribution in [1.29, 1.82) is 0 Å². The van der Waals surface area contributed by atoms with Crippen LogP contribution in [-0.2, 0) is 9.53 Å². The zero-order chi connectivity index (χ0) is 19.3. The number of amides is 1. The molecule has 0 N–H and O–H groups in total. The van der Waals surface area contributed by atoms with Crippen LogP contribution < -0.4 is 9.47 Å². The fourth-order valence-electron chi connectivity index (χ4n) is 2.75. The van der Waals surface area contributed by atoms with Crippen LogP contribution in [0.15, 0.2) is 12.1 Å². The number of esters is 1. The van der Waals surface area contributed by atoms with E-state index in [4.69, 9.17) is 25.8 Å². The molecule has 1 fully saturated rings. The summed E-state index contributed by atoms with van der Waals surface area (Å²) < 4.78 is 16.0. The summed E-state index contributed by atoms with van der Waals surface area (Å²) in [5, 5.41) is 0.251. The Kier molecular flexibility index (Phi) is 7.14. The average Bonchev–Trinajstić information content (AvgIpc) is 2.61. The normalized spacial score (nSPS) is 15.1. The van der Waals surface area contributed by atoms with Crippen LogP contribution >= 0.6 is 11.6 Å². The van der Waals surface area contributed by atoms with Crippen LogP contribution in [0.2, 0.25) is 5.02 Å². The Hall–Kier alpha value is -1.95. The largest absolute Gasteiger partial charge is 0.493 e. The lowest BCUT2D eigenvalue weighted by molar-refractivity contribution is -0.135. The van der Waals surface area contributed by atoms with Gasteiger partial charge in [-0.05, 0) is 44.7 Å². The quantitative estimate of drug-likeness (QED) is 0.703. The molecule has 26 heavy (non-hydrogen) atoms. The van der Waals surface area contributed by atoms with E-state index in [1.54, 1.807) is 4.90 Å². The van der Waals surface area contributed by atoms with Crippen molar-refractivity contribution in [2.45, 2.75) is 39.7 Å². The standard InChI is InChI=1S/C19H26ClNO5/c1-12(2)26-18-15(20)9-14(10-16(18)24-4)19(23)25-11-17(22)21-7-5-13(3)6-8-21/h9-10,12-13H,5-8,11H2,1-4H3. The highest BCUT2D eigenvalue weighted by Crippen LogP contribution is 2.37. The highest BCUT2D eigenvalue weighted by Gasteiger charge is 2.22. The first-order valence-corrected chi connectivity index (χ1v) is 9.18. The van der Waals surface area contributed by atoms with Crippen LogP contribution in [0.1, 0.15) is 44.0 Å². The summed E-state index contributed by atoms with van der Waals surface area (Å²) in [6.45, 7) is 7.04. The first-order valence-electron chi connectivity index (χ1n) is 8.81. The number of piperidine rings is 1. The van der Waals surface area contributed by atoms with E-state index in [1.807, 2.05) is 13.8 Å². The number of rotatable bonds is 6. The number of nitrogens with zero attached hydrogens (tertiary/aromatic N) is 1. The van der Waals surface area contributed by atoms with Crippen molar-refractivity contribution in [1.82, 2.24) is 4.90 Å². The summed E-state index contributed by atoms with van der Waals surface area (Å²) in [4.78, 5) is 26.2. The molecule has 0 aromatic heterocycles. The maximum atomic E-state index is 12.3. The van der Waals surface area contributed by atoms with Crippen molar-refractivity contribution < 1.29 is 23.8 Å². The number of hydrogen-bond donors (Lipinski definition) is 0. The molecule has 0 spiro atoms. The summed E-state index contributed by atoms with van der Waals surface area (Å²) in [6.07, 6.45) is 1.86. The fraction of sp³-hybridized carbons (Fsp3) is 0.579. The zero-order valence-electron chi connectivity index (χ0n) is 15.7. The van der Waals surface area contributed by atoms with Gasteiger partial charge in [-0.2, -0.15) is 0 Å². The molecule has 0 aliphatic carbocycles. The van der Waals surface area contributed by atoms with Gasteiger partial charge in [-0.25, -0.2) is 4.79 Å². The van der Waals surface area contributed by atoms with Gasteiger partial charge in [0.1, 0.15) is 0 Å². The van der Waals surface area contributed by atoms with Gasteiger partial charge < -0.3 is 19.1 Å². The van der Waals surface area contributed by atoms with Gasteiger partial charge >= 0.3 is 5.97 Å². The SMILES string of the molecule is COc1cc(C(=O)OCC(=O)N2CCC(C)CC2)cc(Cl)c1OC(C)C. The van der Waals surface area contributed by atoms with Crippen molar-refractivity contribution in [3.05, 3.63) is 22.7 Å². The van der Waals surface area contributed by atoms with E-state index in [9.17, 15) is 9.59 Å². The Bertz CT molecular complexity index is 654. The third-order valence-electron chi connectivity index (χ3n) is 4.28. The molecule has 0 atom stereocenters. The lowest BCUT2D eigenvalue weighted by atomic mass is 9.99. The molecule has 7 heteroatoms. The zero-order valence-corrected chi connectivity index (χ0v) is 16.5. The number of benzene rings is 1. The van der Waals surface area contributed by atoms with E-state index >= 15 is 0 Å². The molecule has 2 rings (SSSR count). The first kappa shape index (κ1) is 20.4. The first-order chi connectivity index (χ1) is 12.3. The van der Waals surface area contributed by atoms with E-state index in [1.165, 1.54) is 19.2 Å². The summed E-state index contributed by atoms with van der Waals surface area (Å²) in [7, 11) is 1.47. The summed E-state index contributed by atoms with van der Waals surface area (Å²) >= 11 is 6.21. The molecule has 0 radical (unpaired) electrons. The minimum atomic E-state index is -0.625. The van der Waals surface area contributed by atoms with Gasteiger partial charge in [0.25, 0.3) is 5.91 Å². The van der Waals surface area contributed by atoms with Crippen LogP contribution in [0.5, 0.6) is 11.5 Å². The minimum absolute atomic E-state index is 0.0934. The maximum Gasteiger partial charge on any atom is 0.338 e. The average molecular weight is 384 g/mol. The van der Waals surface area contributed by atoms with Crippen molar-refractivity contribution >= 4 is 23.5 Å². The maximum absolute atomic E-state index is 12.3. The molecular weight excluding hydrogens is 358 g/mol. The smallest absolute Gasteiger partial charge is 0.338 e. The van der Waals surface area contributed by atoms with Gasteiger partial charge in [-0.15, -0.1) is 0 Å². The fourth-order valence-corrected chi connectivity index (χ4v) is 3.00. The Morgan fingerprint density at radius 3 is 2.50 bits per heavy atom. The lowest BCUT2D eigenvalue weighted by Gasteiger charge is -2.30. The monoisotopic (exact) mass is 383 g/mol. The van der Waals surface area contributed by atoms with Crippen LogP contribution in [0, 0.1) is 5.92 Å². The second-order valence-electron chi connectivity index (χ2n) is 6.80. The van der Waals surface area contributed by atoms with Crippen LogP contribution in [-0.4, -0.2) is 49.7 Å². The van der Waals surface area contributed by atoms with E-state index in [0.717, 1.165) is 12.8 Å². The van der Waals surface area contributed by atoms with Crippen LogP contribution in [0.4, 0.5) is 0 Å². The number of hydrogen-bond acceptors (Lipinski definition) is 5. The Labute approximate surface area is 159 Å².